The predicted molar refractivity (Wildman–Crippen MR) is 69.8 cm³/mol. The van der Waals surface area contributed by atoms with Crippen LogP contribution in [0.15, 0.2) is 42.5 Å². The quantitative estimate of drug-likeness (QED) is 0.506. The molecule has 17 heavy (non-hydrogen) atoms. The van der Waals surface area contributed by atoms with Crippen molar-refractivity contribution in [2.75, 3.05) is 6.61 Å². The van der Waals surface area contributed by atoms with E-state index < -0.39 is 0 Å². The van der Waals surface area contributed by atoms with Gasteiger partial charge in [0.25, 0.3) is 0 Å². The Morgan fingerprint density at radius 1 is 1.24 bits per heavy atom. The molecule has 0 bridgehead atoms. The van der Waals surface area contributed by atoms with Crippen LogP contribution in [0.25, 0.3) is 0 Å². The van der Waals surface area contributed by atoms with Gasteiger partial charge in [-0.15, -0.1) is 0 Å². The van der Waals surface area contributed by atoms with Crippen LogP contribution in [0.4, 0.5) is 0 Å². The van der Waals surface area contributed by atoms with Gasteiger partial charge in [-0.05, 0) is 37.3 Å². The van der Waals surface area contributed by atoms with Crippen LogP contribution in [0.3, 0.4) is 0 Å². The Kier molecular flexibility index (Phi) is 6.26. The standard InChI is InChI=1S/C15H20O2/c1-13(14(2)16)8-6-7-11-17-12-15-9-4-3-5-10-15/h3-5,9-10H,1,6-8,11-12H2,2H3. The summed E-state index contributed by atoms with van der Waals surface area (Å²) in [5.74, 6) is 0.0928. The Hall–Kier alpha value is -1.41. The first-order valence-electron chi connectivity index (χ1n) is 6.00. The first kappa shape index (κ1) is 13.7. The van der Waals surface area contributed by atoms with Crippen LogP contribution in [0.5, 0.6) is 0 Å². The number of ether oxygens (including phenoxy) is 1. The lowest BCUT2D eigenvalue weighted by Crippen LogP contribution is -1.98. The molecule has 2 heteroatoms. The lowest BCUT2D eigenvalue weighted by atomic mass is 10.1. The summed E-state index contributed by atoms with van der Waals surface area (Å²) in [5, 5.41) is 0. The molecule has 2 nitrogen and oxygen atoms in total. The molecule has 0 radical (unpaired) electrons. The molecule has 1 aromatic carbocycles. The van der Waals surface area contributed by atoms with Crippen molar-refractivity contribution < 1.29 is 9.53 Å². The number of carbonyl (C=O) groups excluding carboxylic acids is 1. The minimum absolute atomic E-state index is 0.0928. The van der Waals surface area contributed by atoms with Gasteiger partial charge in [0, 0.05) is 6.61 Å². The average Bonchev–Trinajstić information content (AvgIpc) is 2.34. The van der Waals surface area contributed by atoms with E-state index in [1.165, 1.54) is 5.56 Å². The van der Waals surface area contributed by atoms with Gasteiger partial charge in [0.1, 0.15) is 0 Å². The highest BCUT2D eigenvalue weighted by atomic mass is 16.5. The summed E-state index contributed by atoms with van der Waals surface area (Å²) >= 11 is 0. The number of Topliss-reactive ketones (excluding diaryl/α,β-unsaturated/α-hetero) is 1. The van der Waals surface area contributed by atoms with E-state index >= 15 is 0 Å². The number of hydrogen-bond acceptors (Lipinski definition) is 2. The topological polar surface area (TPSA) is 26.3 Å². The van der Waals surface area contributed by atoms with Crippen LogP contribution in [0.2, 0.25) is 0 Å². The molecule has 0 heterocycles. The summed E-state index contributed by atoms with van der Waals surface area (Å²) in [4.78, 5) is 10.9. The van der Waals surface area contributed by atoms with Gasteiger partial charge in [-0.3, -0.25) is 4.79 Å². The Bertz CT molecular complexity index is 354. The maximum absolute atomic E-state index is 10.9. The molecule has 1 aromatic rings. The SMILES string of the molecule is C=C(CCCCOCc1ccccc1)C(C)=O. The number of ketones is 1. The Balaban J connectivity index is 2.02. The summed E-state index contributed by atoms with van der Waals surface area (Å²) in [6.45, 7) is 6.69. The van der Waals surface area contributed by atoms with E-state index in [9.17, 15) is 4.79 Å². The highest BCUT2D eigenvalue weighted by Crippen LogP contribution is 2.07. The van der Waals surface area contributed by atoms with Gasteiger partial charge in [0.05, 0.1) is 6.61 Å². The fourth-order valence-electron chi connectivity index (χ4n) is 1.48. The second-order valence-corrected chi connectivity index (χ2v) is 4.16. The van der Waals surface area contributed by atoms with Gasteiger partial charge in [-0.25, -0.2) is 0 Å². The summed E-state index contributed by atoms with van der Waals surface area (Å²) in [6, 6.07) is 10.1. The van der Waals surface area contributed by atoms with Crippen molar-refractivity contribution in [2.45, 2.75) is 32.8 Å². The minimum atomic E-state index is 0.0928. The molecule has 1 rings (SSSR count). The first-order chi connectivity index (χ1) is 8.20. The van der Waals surface area contributed by atoms with Gasteiger partial charge in [0.2, 0.25) is 0 Å². The van der Waals surface area contributed by atoms with Crippen LogP contribution in [0.1, 0.15) is 31.7 Å². The molecule has 92 valence electrons. The molecule has 0 atom stereocenters. The van der Waals surface area contributed by atoms with Crippen molar-refractivity contribution in [1.29, 1.82) is 0 Å². The smallest absolute Gasteiger partial charge is 0.155 e. The van der Waals surface area contributed by atoms with E-state index in [0.29, 0.717) is 12.2 Å². The number of benzene rings is 1. The normalized spacial score (nSPS) is 10.2. The molecule has 0 aliphatic rings. The Morgan fingerprint density at radius 3 is 2.59 bits per heavy atom. The predicted octanol–water partition coefficient (Wildman–Crippen LogP) is 3.52. The van der Waals surface area contributed by atoms with Crippen LogP contribution < -0.4 is 0 Å². The molecule has 0 aliphatic carbocycles. The van der Waals surface area contributed by atoms with Gasteiger partial charge < -0.3 is 4.74 Å². The van der Waals surface area contributed by atoms with E-state index in [2.05, 4.69) is 18.7 Å². The molecular formula is C15H20O2. The average molecular weight is 232 g/mol. The highest BCUT2D eigenvalue weighted by molar-refractivity contribution is 5.92. The third-order valence-electron chi connectivity index (χ3n) is 2.63. The first-order valence-corrected chi connectivity index (χ1v) is 6.00. The highest BCUT2D eigenvalue weighted by Gasteiger charge is 1.99. The van der Waals surface area contributed by atoms with E-state index in [0.717, 1.165) is 25.9 Å². The molecule has 0 saturated carbocycles. The molecule has 0 fully saturated rings. The molecular weight excluding hydrogens is 212 g/mol. The van der Waals surface area contributed by atoms with Crippen molar-refractivity contribution in [2.24, 2.45) is 0 Å². The molecule has 0 aliphatic heterocycles. The fourth-order valence-corrected chi connectivity index (χ4v) is 1.48. The Labute approximate surface area is 103 Å². The van der Waals surface area contributed by atoms with E-state index in [-0.39, 0.29) is 5.78 Å². The zero-order chi connectivity index (χ0) is 12.5. The Morgan fingerprint density at radius 2 is 1.94 bits per heavy atom. The van der Waals surface area contributed by atoms with Gasteiger partial charge in [-0.2, -0.15) is 0 Å². The lowest BCUT2D eigenvalue weighted by Gasteiger charge is -2.04. The van der Waals surface area contributed by atoms with Crippen molar-refractivity contribution >= 4 is 5.78 Å². The van der Waals surface area contributed by atoms with Crippen molar-refractivity contribution in [3.63, 3.8) is 0 Å². The number of rotatable bonds is 8. The maximum atomic E-state index is 10.9. The largest absolute Gasteiger partial charge is 0.377 e. The van der Waals surface area contributed by atoms with Crippen LogP contribution >= 0.6 is 0 Å². The van der Waals surface area contributed by atoms with Gasteiger partial charge >= 0.3 is 0 Å². The van der Waals surface area contributed by atoms with Crippen molar-refractivity contribution in [3.05, 3.63) is 48.0 Å². The number of hydrogen-bond donors (Lipinski definition) is 0. The molecule has 0 unspecified atom stereocenters. The zero-order valence-corrected chi connectivity index (χ0v) is 10.4. The maximum Gasteiger partial charge on any atom is 0.155 e. The summed E-state index contributed by atoms with van der Waals surface area (Å²) in [6.07, 6.45) is 2.72. The van der Waals surface area contributed by atoms with Crippen LogP contribution in [-0.2, 0) is 16.1 Å². The third-order valence-corrected chi connectivity index (χ3v) is 2.63. The summed E-state index contributed by atoms with van der Waals surface area (Å²) in [5.41, 5.74) is 1.91. The molecule has 0 amide bonds. The molecule has 0 aromatic heterocycles. The summed E-state index contributed by atoms with van der Waals surface area (Å²) in [7, 11) is 0. The number of carbonyl (C=O) groups is 1. The van der Waals surface area contributed by atoms with E-state index in [4.69, 9.17) is 4.74 Å². The van der Waals surface area contributed by atoms with E-state index in [1.54, 1.807) is 6.92 Å². The van der Waals surface area contributed by atoms with Crippen molar-refractivity contribution in [3.8, 4) is 0 Å². The molecule has 0 spiro atoms. The van der Waals surface area contributed by atoms with Crippen LogP contribution in [0, 0.1) is 0 Å². The molecule has 0 N–H and O–H groups in total. The monoisotopic (exact) mass is 232 g/mol. The van der Waals surface area contributed by atoms with Gasteiger partial charge in [-0.1, -0.05) is 36.9 Å². The minimum Gasteiger partial charge on any atom is -0.377 e. The third kappa shape index (κ3) is 6.03. The fraction of sp³-hybridized carbons (Fsp3) is 0.400. The lowest BCUT2D eigenvalue weighted by molar-refractivity contribution is -0.113. The second kappa shape index (κ2) is 7.80. The number of allylic oxidation sites excluding steroid dienone is 1. The van der Waals surface area contributed by atoms with E-state index in [1.807, 2.05) is 18.2 Å². The molecule has 0 saturated heterocycles. The van der Waals surface area contributed by atoms with Crippen molar-refractivity contribution in [1.82, 2.24) is 0 Å². The second-order valence-electron chi connectivity index (χ2n) is 4.16. The van der Waals surface area contributed by atoms with Crippen LogP contribution in [-0.4, -0.2) is 12.4 Å². The van der Waals surface area contributed by atoms with Gasteiger partial charge in [0.15, 0.2) is 5.78 Å². The number of unbranched alkanes of at least 4 members (excludes halogenated alkanes) is 1. The zero-order valence-electron chi connectivity index (χ0n) is 10.4. The summed E-state index contributed by atoms with van der Waals surface area (Å²) < 4.78 is 5.55.